The number of ether oxygens (including phenoxy) is 1. The van der Waals surface area contributed by atoms with Gasteiger partial charge in [-0.3, -0.25) is 4.79 Å². The standard InChI is InChI=1S/C16H16O2/c17-16-10-4-8-14(18-16)11-13-7-3-6-12-5-1-2-9-15(12)13/h1-3,5-7,9,14H,4,8,10-11H2. The van der Waals surface area contributed by atoms with Gasteiger partial charge in [-0.05, 0) is 29.2 Å². The van der Waals surface area contributed by atoms with Crippen LogP contribution in [0.2, 0.25) is 0 Å². The molecule has 92 valence electrons. The van der Waals surface area contributed by atoms with Crippen LogP contribution < -0.4 is 0 Å². The van der Waals surface area contributed by atoms with Crippen LogP contribution in [0.5, 0.6) is 0 Å². The van der Waals surface area contributed by atoms with Gasteiger partial charge in [0.15, 0.2) is 0 Å². The van der Waals surface area contributed by atoms with Gasteiger partial charge < -0.3 is 4.74 Å². The summed E-state index contributed by atoms with van der Waals surface area (Å²) >= 11 is 0. The average Bonchev–Trinajstić information content (AvgIpc) is 2.39. The second-order valence-electron chi connectivity index (χ2n) is 4.85. The summed E-state index contributed by atoms with van der Waals surface area (Å²) in [6.45, 7) is 0. The highest BCUT2D eigenvalue weighted by Crippen LogP contribution is 2.23. The van der Waals surface area contributed by atoms with Gasteiger partial charge in [-0.25, -0.2) is 0 Å². The molecule has 2 heteroatoms. The fourth-order valence-electron chi connectivity index (χ4n) is 2.64. The Morgan fingerprint density at radius 2 is 1.94 bits per heavy atom. The van der Waals surface area contributed by atoms with Crippen LogP contribution in [0.15, 0.2) is 42.5 Å². The smallest absolute Gasteiger partial charge is 0.306 e. The monoisotopic (exact) mass is 240 g/mol. The van der Waals surface area contributed by atoms with E-state index in [9.17, 15) is 4.79 Å². The third-order valence-corrected chi connectivity index (χ3v) is 3.53. The Bertz CT molecular complexity index is 569. The molecule has 1 saturated heterocycles. The molecular weight excluding hydrogens is 224 g/mol. The second kappa shape index (κ2) is 4.81. The quantitative estimate of drug-likeness (QED) is 0.751. The Hall–Kier alpha value is -1.83. The van der Waals surface area contributed by atoms with Gasteiger partial charge in [-0.1, -0.05) is 42.5 Å². The summed E-state index contributed by atoms with van der Waals surface area (Å²) in [5, 5.41) is 2.51. The predicted molar refractivity (Wildman–Crippen MR) is 71.4 cm³/mol. The predicted octanol–water partition coefficient (Wildman–Crippen LogP) is 3.48. The van der Waals surface area contributed by atoms with Crippen LogP contribution in [0, 0.1) is 0 Å². The molecular formula is C16H16O2. The number of hydrogen-bond acceptors (Lipinski definition) is 2. The van der Waals surface area contributed by atoms with Crippen molar-refractivity contribution in [2.45, 2.75) is 31.8 Å². The molecule has 2 nitrogen and oxygen atoms in total. The lowest BCUT2D eigenvalue weighted by atomic mass is 9.96. The summed E-state index contributed by atoms with van der Waals surface area (Å²) in [6, 6.07) is 14.7. The van der Waals surface area contributed by atoms with Crippen LogP contribution in [0.25, 0.3) is 10.8 Å². The number of hydrogen-bond donors (Lipinski definition) is 0. The van der Waals surface area contributed by atoms with E-state index in [1.165, 1.54) is 16.3 Å². The Kier molecular flexibility index (Phi) is 3.01. The first kappa shape index (κ1) is 11.3. The molecule has 1 heterocycles. The van der Waals surface area contributed by atoms with Gasteiger partial charge in [0.25, 0.3) is 0 Å². The summed E-state index contributed by atoms with van der Waals surface area (Å²) in [5.74, 6) is -0.0495. The lowest BCUT2D eigenvalue weighted by molar-refractivity contribution is -0.153. The summed E-state index contributed by atoms with van der Waals surface area (Å²) in [6.07, 6.45) is 3.39. The number of cyclic esters (lactones) is 1. The van der Waals surface area contributed by atoms with Gasteiger partial charge >= 0.3 is 5.97 Å². The Labute approximate surface area is 107 Å². The number of fused-ring (bicyclic) bond motifs is 1. The van der Waals surface area contributed by atoms with Crippen molar-refractivity contribution in [1.29, 1.82) is 0 Å². The van der Waals surface area contributed by atoms with Crippen LogP contribution in [0.4, 0.5) is 0 Å². The zero-order chi connectivity index (χ0) is 12.4. The average molecular weight is 240 g/mol. The van der Waals surface area contributed by atoms with Crippen LogP contribution in [-0.2, 0) is 16.0 Å². The van der Waals surface area contributed by atoms with Crippen LogP contribution >= 0.6 is 0 Å². The third-order valence-electron chi connectivity index (χ3n) is 3.53. The van der Waals surface area contributed by atoms with Gasteiger partial charge in [-0.2, -0.15) is 0 Å². The fraction of sp³-hybridized carbons (Fsp3) is 0.312. The van der Waals surface area contributed by atoms with Crippen molar-refractivity contribution in [3.8, 4) is 0 Å². The van der Waals surface area contributed by atoms with E-state index < -0.39 is 0 Å². The van der Waals surface area contributed by atoms with E-state index in [1.807, 2.05) is 6.07 Å². The molecule has 1 aliphatic rings. The molecule has 3 rings (SSSR count). The minimum Gasteiger partial charge on any atom is -0.462 e. The lowest BCUT2D eigenvalue weighted by Gasteiger charge is -2.22. The van der Waals surface area contributed by atoms with Gasteiger partial charge in [0.1, 0.15) is 6.10 Å². The van der Waals surface area contributed by atoms with Crippen molar-refractivity contribution in [2.24, 2.45) is 0 Å². The zero-order valence-electron chi connectivity index (χ0n) is 10.3. The number of carbonyl (C=O) groups is 1. The highest BCUT2D eigenvalue weighted by atomic mass is 16.5. The minimum absolute atomic E-state index is 0.0495. The largest absolute Gasteiger partial charge is 0.462 e. The SMILES string of the molecule is O=C1CCCC(Cc2cccc3ccccc23)O1. The van der Waals surface area contributed by atoms with E-state index in [2.05, 4.69) is 36.4 Å². The minimum atomic E-state index is -0.0495. The van der Waals surface area contributed by atoms with Gasteiger partial charge in [0.2, 0.25) is 0 Å². The molecule has 2 aromatic rings. The number of carbonyl (C=O) groups excluding carboxylic acids is 1. The highest BCUT2D eigenvalue weighted by molar-refractivity contribution is 5.85. The normalized spacial score (nSPS) is 19.8. The highest BCUT2D eigenvalue weighted by Gasteiger charge is 2.21. The van der Waals surface area contributed by atoms with E-state index in [0.717, 1.165) is 19.3 Å². The van der Waals surface area contributed by atoms with Crippen LogP contribution in [0.3, 0.4) is 0 Å². The second-order valence-corrected chi connectivity index (χ2v) is 4.85. The Balaban J connectivity index is 1.88. The summed E-state index contributed by atoms with van der Waals surface area (Å²) in [7, 11) is 0. The molecule has 0 N–H and O–H groups in total. The number of benzene rings is 2. The van der Waals surface area contributed by atoms with Gasteiger partial charge in [0.05, 0.1) is 0 Å². The topological polar surface area (TPSA) is 26.3 Å². The molecule has 0 aromatic heterocycles. The van der Waals surface area contributed by atoms with E-state index in [-0.39, 0.29) is 12.1 Å². The zero-order valence-corrected chi connectivity index (χ0v) is 10.3. The molecule has 0 bridgehead atoms. The maximum absolute atomic E-state index is 11.3. The van der Waals surface area contributed by atoms with Crippen LogP contribution in [0.1, 0.15) is 24.8 Å². The van der Waals surface area contributed by atoms with Gasteiger partial charge in [0, 0.05) is 12.8 Å². The van der Waals surface area contributed by atoms with Crippen molar-refractivity contribution >= 4 is 16.7 Å². The fourth-order valence-corrected chi connectivity index (χ4v) is 2.64. The van der Waals surface area contributed by atoms with E-state index in [4.69, 9.17) is 4.74 Å². The molecule has 18 heavy (non-hydrogen) atoms. The first-order chi connectivity index (χ1) is 8.83. The molecule has 0 radical (unpaired) electrons. The summed E-state index contributed by atoms with van der Waals surface area (Å²) in [4.78, 5) is 11.3. The van der Waals surface area contributed by atoms with Crippen LogP contribution in [-0.4, -0.2) is 12.1 Å². The van der Waals surface area contributed by atoms with Crippen molar-refractivity contribution in [3.05, 3.63) is 48.0 Å². The van der Waals surface area contributed by atoms with Crippen molar-refractivity contribution in [2.75, 3.05) is 0 Å². The third kappa shape index (κ3) is 2.23. The Morgan fingerprint density at radius 1 is 1.11 bits per heavy atom. The molecule has 1 atom stereocenters. The molecule has 0 spiro atoms. The van der Waals surface area contributed by atoms with E-state index in [1.54, 1.807) is 0 Å². The molecule has 0 saturated carbocycles. The van der Waals surface area contributed by atoms with Crippen molar-refractivity contribution < 1.29 is 9.53 Å². The molecule has 1 fully saturated rings. The summed E-state index contributed by atoms with van der Waals surface area (Å²) < 4.78 is 5.40. The maximum atomic E-state index is 11.3. The number of esters is 1. The molecule has 1 aliphatic heterocycles. The molecule has 2 aromatic carbocycles. The van der Waals surface area contributed by atoms with E-state index in [0.29, 0.717) is 6.42 Å². The molecule has 1 unspecified atom stereocenters. The van der Waals surface area contributed by atoms with Crippen molar-refractivity contribution in [3.63, 3.8) is 0 Å². The first-order valence-electron chi connectivity index (χ1n) is 6.49. The first-order valence-corrected chi connectivity index (χ1v) is 6.49. The van der Waals surface area contributed by atoms with E-state index >= 15 is 0 Å². The Morgan fingerprint density at radius 3 is 2.83 bits per heavy atom. The lowest BCUT2D eigenvalue weighted by Crippen LogP contribution is -2.25. The molecule has 0 aliphatic carbocycles. The maximum Gasteiger partial charge on any atom is 0.306 e. The van der Waals surface area contributed by atoms with Gasteiger partial charge in [-0.15, -0.1) is 0 Å². The summed E-state index contributed by atoms with van der Waals surface area (Å²) in [5.41, 5.74) is 1.27. The van der Waals surface area contributed by atoms with Crippen molar-refractivity contribution in [1.82, 2.24) is 0 Å². The molecule has 0 amide bonds. The number of rotatable bonds is 2.